The van der Waals surface area contributed by atoms with Gasteiger partial charge in [-0.1, -0.05) is 31.9 Å². The van der Waals surface area contributed by atoms with Crippen LogP contribution in [0.3, 0.4) is 0 Å². The van der Waals surface area contributed by atoms with Gasteiger partial charge in [-0.25, -0.2) is 0 Å². The minimum Gasteiger partial charge on any atom is -0.462 e. The van der Waals surface area contributed by atoms with E-state index in [0.717, 1.165) is 30.6 Å². The number of rotatable bonds is 3. The normalized spacial score (nSPS) is 43.2. The first-order valence-electron chi connectivity index (χ1n) is 8.69. The summed E-state index contributed by atoms with van der Waals surface area (Å²) >= 11 is 0. The Hall–Kier alpha value is -0.830. The van der Waals surface area contributed by atoms with Gasteiger partial charge in [-0.3, -0.25) is 4.79 Å². The summed E-state index contributed by atoms with van der Waals surface area (Å²) in [6.45, 7) is 2.33. The summed E-state index contributed by atoms with van der Waals surface area (Å²) < 4.78 is 5.40. The molecule has 0 amide bonds. The lowest BCUT2D eigenvalue weighted by atomic mass is 9.64. The van der Waals surface area contributed by atoms with Crippen LogP contribution in [-0.2, 0) is 9.53 Å². The molecular weight excluding hydrogens is 264 g/mol. The Labute approximate surface area is 127 Å². The van der Waals surface area contributed by atoms with Crippen molar-refractivity contribution >= 4 is 5.97 Å². The number of carbonyl (C=O) groups excluding carboxylic acids is 1. The second kappa shape index (κ2) is 6.51. The number of hydrogen-bond donors (Lipinski definition) is 1. The van der Waals surface area contributed by atoms with Crippen LogP contribution >= 0.6 is 0 Å². The molecular formula is C18H28O3. The number of aliphatic hydroxyl groups is 1. The highest BCUT2D eigenvalue weighted by Crippen LogP contribution is 2.45. The molecule has 0 aromatic rings. The van der Waals surface area contributed by atoms with Crippen molar-refractivity contribution in [2.75, 3.05) is 0 Å². The molecule has 1 heterocycles. The number of ether oxygens (including phenoxy) is 1. The quantitative estimate of drug-likeness (QED) is 0.640. The summed E-state index contributed by atoms with van der Waals surface area (Å²) in [7, 11) is 0. The summed E-state index contributed by atoms with van der Waals surface area (Å²) in [5.41, 5.74) is 0. The van der Waals surface area contributed by atoms with E-state index in [9.17, 15) is 9.90 Å². The van der Waals surface area contributed by atoms with E-state index in [1.807, 2.05) is 0 Å². The molecule has 1 N–H and O–H groups in total. The van der Waals surface area contributed by atoms with Crippen LogP contribution in [0.4, 0.5) is 0 Å². The lowest BCUT2D eigenvalue weighted by Crippen LogP contribution is -2.36. The van der Waals surface area contributed by atoms with Gasteiger partial charge in [0.2, 0.25) is 0 Å². The molecule has 1 saturated heterocycles. The van der Waals surface area contributed by atoms with Crippen molar-refractivity contribution in [3.8, 4) is 0 Å². The van der Waals surface area contributed by atoms with E-state index in [0.29, 0.717) is 12.3 Å². The maximum atomic E-state index is 11.4. The lowest BCUT2D eigenvalue weighted by molar-refractivity contribution is -0.160. The summed E-state index contributed by atoms with van der Waals surface area (Å²) in [6.07, 6.45) is 12.6. The molecule has 3 nitrogen and oxygen atoms in total. The SMILES string of the molecule is C[C@@H]1C=C[C@@H]2CCCC[C@@H]2[C@@H]1CC[C@@H]1C[C@@H](O)CC(=O)O1. The van der Waals surface area contributed by atoms with Crippen molar-refractivity contribution in [2.24, 2.45) is 23.7 Å². The van der Waals surface area contributed by atoms with E-state index in [1.165, 1.54) is 25.7 Å². The Morgan fingerprint density at radius 1 is 1.24 bits per heavy atom. The minimum absolute atomic E-state index is 0.0682. The Morgan fingerprint density at radius 3 is 2.86 bits per heavy atom. The van der Waals surface area contributed by atoms with Crippen molar-refractivity contribution in [2.45, 2.75) is 70.5 Å². The number of esters is 1. The Morgan fingerprint density at radius 2 is 2.05 bits per heavy atom. The van der Waals surface area contributed by atoms with Gasteiger partial charge < -0.3 is 9.84 Å². The number of fused-ring (bicyclic) bond motifs is 1. The van der Waals surface area contributed by atoms with E-state index in [-0.39, 0.29) is 18.5 Å². The fourth-order valence-corrected chi connectivity index (χ4v) is 4.70. The second-order valence-corrected chi connectivity index (χ2v) is 7.30. The van der Waals surface area contributed by atoms with Crippen LogP contribution in [0.5, 0.6) is 0 Å². The van der Waals surface area contributed by atoms with Crippen LogP contribution in [0.15, 0.2) is 12.2 Å². The van der Waals surface area contributed by atoms with Crippen molar-refractivity contribution in [1.82, 2.24) is 0 Å². The summed E-state index contributed by atoms with van der Waals surface area (Å²) in [4.78, 5) is 11.4. The molecule has 6 atom stereocenters. The zero-order valence-electron chi connectivity index (χ0n) is 13.0. The predicted molar refractivity (Wildman–Crippen MR) is 81.6 cm³/mol. The van der Waals surface area contributed by atoms with E-state index >= 15 is 0 Å². The molecule has 1 saturated carbocycles. The fraction of sp³-hybridized carbons (Fsp3) is 0.833. The first kappa shape index (κ1) is 15.1. The number of carbonyl (C=O) groups is 1. The van der Waals surface area contributed by atoms with Gasteiger partial charge in [0.1, 0.15) is 6.10 Å². The van der Waals surface area contributed by atoms with Crippen LogP contribution < -0.4 is 0 Å². The minimum atomic E-state index is -0.498. The number of hydrogen-bond acceptors (Lipinski definition) is 3. The highest BCUT2D eigenvalue weighted by atomic mass is 16.5. The Bertz CT molecular complexity index is 403. The molecule has 3 aliphatic rings. The lowest BCUT2D eigenvalue weighted by Gasteiger charge is -2.42. The van der Waals surface area contributed by atoms with Crippen LogP contribution in [0.1, 0.15) is 58.3 Å². The molecule has 0 aromatic carbocycles. The van der Waals surface area contributed by atoms with Crippen molar-refractivity contribution in [3.63, 3.8) is 0 Å². The van der Waals surface area contributed by atoms with Gasteiger partial charge in [-0.15, -0.1) is 0 Å². The highest BCUT2D eigenvalue weighted by molar-refractivity contribution is 5.70. The average Bonchev–Trinajstić information content (AvgIpc) is 2.45. The zero-order valence-corrected chi connectivity index (χ0v) is 13.0. The molecule has 0 radical (unpaired) electrons. The largest absolute Gasteiger partial charge is 0.462 e. The molecule has 3 rings (SSSR count). The third-order valence-corrected chi connectivity index (χ3v) is 5.82. The van der Waals surface area contributed by atoms with Crippen LogP contribution in [0.25, 0.3) is 0 Å². The standard InChI is InChI=1S/C18H28O3/c1-12-6-7-13-4-2-3-5-17(13)16(12)9-8-15-10-14(19)11-18(20)21-15/h6-7,12-17,19H,2-5,8-11H2,1H3/t12-,13+,14-,15-,16-,17+/m1/s1. The number of aliphatic hydroxyl groups excluding tert-OH is 1. The van der Waals surface area contributed by atoms with Gasteiger partial charge in [-0.05, 0) is 49.4 Å². The molecule has 2 fully saturated rings. The smallest absolute Gasteiger partial charge is 0.308 e. The first-order valence-corrected chi connectivity index (χ1v) is 8.69. The maximum absolute atomic E-state index is 11.4. The van der Waals surface area contributed by atoms with Gasteiger partial charge in [0.05, 0.1) is 12.5 Å². The summed E-state index contributed by atoms with van der Waals surface area (Å²) in [6, 6.07) is 0. The van der Waals surface area contributed by atoms with Gasteiger partial charge >= 0.3 is 5.97 Å². The zero-order chi connectivity index (χ0) is 14.8. The molecule has 2 aliphatic carbocycles. The highest BCUT2D eigenvalue weighted by Gasteiger charge is 2.36. The first-order chi connectivity index (χ1) is 10.1. The number of cyclic esters (lactones) is 1. The molecule has 0 unspecified atom stereocenters. The van der Waals surface area contributed by atoms with Crippen molar-refractivity contribution in [1.29, 1.82) is 0 Å². The van der Waals surface area contributed by atoms with Crippen LogP contribution in [0.2, 0.25) is 0 Å². The molecule has 0 spiro atoms. The summed E-state index contributed by atoms with van der Waals surface area (Å²) in [5, 5.41) is 9.71. The van der Waals surface area contributed by atoms with Gasteiger partial charge in [-0.2, -0.15) is 0 Å². The Balaban J connectivity index is 1.58. The van der Waals surface area contributed by atoms with Crippen molar-refractivity contribution in [3.05, 3.63) is 12.2 Å². The molecule has 118 valence electrons. The number of allylic oxidation sites excluding steroid dienone is 2. The third-order valence-electron chi connectivity index (χ3n) is 5.82. The Kier molecular flexibility index (Phi) is 4.68. The van der Waals surface area contributed by atoms with Crippen LogP contribution in [0, 0.1) is 23.7 Å². The third kappa shape index (κ3) is 3.50. The molecule has 0 bridgehead atoms. The van der Waals surface area contributed by atoms with Crippen LogP contribution in [-0.4, -0.2) is 23.3 Å². The van der Waals surface area contributed by atoms with Gasteiger partial charge in [0.25, 0.3) is 0 Å². The van der Waals surface area contributed by atoms with E-state index < -0.39 is 6.10 Å². The van der Waals surface area contributed by atoms with E-state index in [2.05, 4.69) is 19.1 Å². The van der Waals surface area contributed by atoms with Gasteiger partial charge in [0.15, 0.2) is 0 Å². The summed E-state index contributed by atoms with van der Waals surface area (Å²) in [5.74, 6) is 2.72. The second-order valence-electron chi connectivity index (χ2n) is 7.30. The van der Waals surface area contributed by atoms with E-state index in [4.69, 9.17) is 4.74 Å². The molecule has 21 heavy (non-hydrogen) atoms. The van der Waals surface area contributed by atoms with E-state index in [1.54, 1.807) is 0 Å². The predicted octanol–water partition coefficient (Wildman–Crippen LogP) is 3.46. The van der Waals surface area contributed by atoms with Crippen molar-refractivity contribution < 1.29 is 14.6 Å². The molecule has 0 aromatic heterocycles. The molecule has 3 heteroatoms. The fourth-order valence-electron chi connectivity index (χ4n) is 4.70. The maximum Gasteiger partial charge on any atom is 0.308 e. The molecule has 1 aliphatic heterocycles. The average molecular weight is 292 g/mol. The van der Waals surface area contributed by atoms with Gasteiger partial charge in [0, 0.05) is 6.42 Å². The monoisotopic (exact) mass is 292 g/mol. The topological polar surface area (TPSA) is 46.5 Å².